The SMILES string of the molecule is Cc1cccc(-c2nc(N)c(C)c(-c3ccccc3)n2)c1. The molecule has 0 aliphatic heterocycles. The summed E-state index contributed by atoms with van der Waals surface area (Å²) >= 11 is 0. The Hall–Kier alpha value is -2.68. The van der Waals surface area contributed by atoms with Gasteiger partial charge in [-0.1, -0.05) is 54.1 Å². The predicted molar refractivity (Wildman–Crippen MR) is 86.8 cm³/mol. The van der Waals surface area contributed by atoms with Gasteiger partial charge in [-0.2, -0.15) is 0 Å². The first kappa shape index (κ1) is 13.3. The van der Waals surface area contributed by atoms with Gasteiger partial charge in [0, 0.05) is 16.7 Å². The molecule has 104 valence electrons. The third-order valence-electron chi connectivity index (χ3n) is 3.51. The number of hydrogen-bond acceptors (Lipinski definition) is 3. The average Bonchev–Trinajstić information content (AvgIpc) is 2.51. The molecule has 1 aromatic heterocycles. The molecule has 0 radical (unpaired) electrons. The van der Waals surface area contributed by atoms with Crippen molar-refractivity contribution in [1.82, 2.24) is 9.97 Å². The van der Waals surface area contributed by atoms with Gasteiger partial charge in [0.2, 0.25) is 0 Å². The van der Waals surface area contributed by atoms with Crippen LogP contribution >= 0.6 is 0 Å². The fraction of sp³-hybridized carbons (Fsp3) is 0.111. The normalized spacial score (nSPS) is 10.6. The quantitative estimate of drug-likeness (QED) is 0.768. The smallest absolute Gasteiger partial charge is 0.162 e. The maximum atomic E-state index is 6.08. The van der Waals surface area contributed by atoms with Crippen molar-refractivity contribution in [2.45, 2.75) is 13.8 Å². The first-order chi connectivity index (χ1) is 10.1. The molecule has 0 saturated carbocycles. The van der Waals surface area contributed by atoms with Gasteiger partial charge in [0.15, 0.2) is 5.82 Å². The van der Waals surface area contributed by atoms with Crippen molar-refractivity contribution in [3.05, 3.63) is 65.7 Å². The first-order valence-electron chi connectivity index (χ1n) is 6.92. The maximum Gasteiger partial charge on any atom is 0.162 e. The Balaban J connectivity index is 2.19. The van der Waals surface area contributed by atoms with E-state index in [2.05, 4.69) is 24.0 Å². The zero-order chi connectivity index (χ0) is 14.8. The number of benzene rings is 2. The minimum Gasteiger partial charge on any atom is -0.383 e. The molecule has 0 amide bonds. The summed E-state index contributed by atoms with van der Waals surface area (Å²) in [6, 6.07) is 18.2. The molecule has 21 heavy (non-hydrogen) atoms. The Kier molecular flexibility index (Phi) is 3.40. The van der Waals surface area contributed by atoms with Crippen LogP contribution in [-0.4, -0.2) is 9.97 Å². The zero-order valence-corrected chi connectivity index (χ0v) is 12.2. The summed E-state index contributed by atoms with van der Waals surface area (Å²) in [7, 11) is 0. The molecule has 3 rings (SSSR count). The van der Waals surface area contributed by atoms with Crippen molar-refractivity contribution in [1.29, 1.82) is 0 Å². The molecule has 0 spiro atoms. The van der Waals surface area contributed by atoms with E-state index in [-0.39, 0.29) is 0 Å². The molecule has 0 fully saturated rings. The van der Waals surface area contributed by atoms with Crippen LogP contribution in [0.5, 0.6) is 0 Å². The van der Waals surface area contributed by atoms with Crippen molar-refractivity contribution in [2.24, 2.45) is 0 Å². The molecule has 0 atom stereocenters. The van der Waals surface area contributed by atoms with E-state index in [1.165, 1.54) is 5.56 Å². The zero-order valence-electron chi connectivity index (χ0n) is 12.2. The number of nitrogen functional groups attached to an aromatic ring is 1. The lowest BCUT2D eigenvalue weighted by atomic mass is 10.1. The number of nitrogens with two attached hydrogens (primary N) is 1. The maximum absolute atomic E-state index is 6.08. The predicted octanol–water partition coefficient (Wildman–Crippen LogP) is 4.01. The Morgan fingerprint density at radius 2 is 1.52 bits per heavy atom. The van der Waals surface area contributed by atoms with Crippen LogP contribution in [-0.2, 0) is 0 Å². The van der Waals surface area contributed by atoms with Crippen LogP contribution in [0.1, 0.15) is 11.1 Å². The summed E-state index contributed by atoms with van der Waals surface area (Å²) < 4.78 is 0. The summed E-state index contributed by atoms with van der Waals surface area (Å²) in [5.74, 6) is 1.20. The standard InChI is InChI=1S/C18H17N3/c1-12-7-6-10-15(11-12)18-20-16(13(2)17(19)21-18)14-8-4-3-5-9-14/h3-11H,1-2H3,(H2,19,20,21). The summed E-state index contributed by atoms with van der Waals surface area (Å²) in [5.41, 5.74) is 11.1. The van der Waals surface area contributed by atoms with E-state index in [9.17, 15) is 0 Å². The van der Waals surface area contributed by atoms with Gasteiger partial charge in [-0.15, -0.1) is 0 Å². The minimum atomic E-state index is 0.528. The van der Waals surface area contributed by atoms with Gasteiger partial charge in [-0.05, 0) is 19.9 Å². The molecule has 3 heteroatoms. The van der Waals surface area contributed by atoms with Crippen molar-refractivity contribution in [2.75, 3.05) is 5.73 Å². The molecule has 0 aliphatic rings. The molecule has 2 aromatic carbocycles. The molecular weight excluding hydrogens is 258 g/mol. The lowest BCUT2D eigenvalue weighted by Gasteiger charge is -2.10. The Morgan fingerprint density at radius 1 is 0.810 bits per heavy atom. The lowest BCUT2D eigenvalue weighted by Crippen LogP contribution is -2.02. The van der Waals surface area contributed by atoms with Gasteiger partial charge in [-0.25, -0.2) is 9.97 Å². The third kappa shape index (κ3) is 2.63. The second-order valence-corrected chi connectivity index (χ2v) is 5.14. The second-order valence-electron chi connectivity index (χ2n) is 5.14. The second kappa shape index (κ2) is 5.37. The first-order valence-corrected chi connectivity index (χ1v) is 6.92. The number of aromatic nitrogens is 2. The van der Waals surface area contributed by atoms with Gasteiger partial charge < -0.3 is 5.73 Å². The van der Waals surface area contributed by atoms with E-state index in [4.69, 9.17) is 10.7 Å². The van der Waals surface area contributed by atoms with Crippen LogP contribution in [0.25, 0.3) is 22.6 Å². The van der Waals surface area contributed by atoms with E-state index in [1.54, 1.807) is 0 Å². The molecule has 3 nitrogen and oxygen atoms in total. The topological polar surface area (TPSA) is 51.8 Å². The number of aryl methyl sites for hydroxylation is 1. The molecule has 3 aromatic rings. The molecule has 0 aliphatic carbocycles. The van der Waals surface area contributed by atoms with Crippen LogP contribution in [0.4, 0.5) is 5.82 Å². The summed E-state index contributed by atoms with van der Waals surface area (Å²) in [6.07, 6.45) is 0. The van der Waals surface area contributed by atoms with Gasteiger partial charge in [0.25, 0.3) is 0 Å². The number of rotatable bonds is 2. The monoisotopic (exact) mass is 275 g/mol. The largest absolute Gasteiger partial charge is 0.383 e. The highest BCUT2D eigenvalue weighted by Gasteiger charge is 2.11. The van der Waals surface area contributed by atoms with Crippen LogP contribution < -0.4 is 5.73 Å². The molecule has 0 unspecified atom stereocenters. The number of hydrogen-bond donors (Lipinski definition) is 1. The Morgan fingerprint density at radius 3 is 2.24 bits per heavy atom. The van der Waals surface area contributed by atoms with Gasteiger partial charge in [0.1, 0.15) is 5.82 Å². The highest BCUT2D eigenvalue weighted by Crippen LogP contribution is 2.27. The van der Waals surface area contributed by atoms with Crippen molar-refractivity contribution >= 4 is 5.82 Å². The molecule has 2 N–H and O–H groups in total. The van der Waals surface area contributed by atoms with E-state index in [0.29, 0.717) is 11.6 Å². The molecular formula is C18H17N3. The number of anilines is 1. The van der Waals surface area contributed by atoms with Gasteiger partial charge >= 0.3 is 0 Å². The molecule has 1 heterocycles. The summed E-state index contributed by atoms with van der Waals surface area (Å²) in [5, 5.41) is 0. The minimum absolute atomic E-state index is 0.528. The van der Waals surface area contributed by atoms with E-state index >= 15 is 0 Å². The van der Waals surface area contributed by atoms with Crippen molar-refractivity contribution in [3.8, 4) is 22.6 Å². The average molecular weight is 275 g/mol. The van der Waals surface area contributed by atoms with E-state index in [0.717, 1.165) is 22.4 Å². The van der Waals surface area contributed by atoms with Crippen LogP contribution in [0.3, 0.4) is 0 Å². The van der Waals surface area contributed by atoms with Gasteiger partial charge in [-0.3, -0.25) is 0 Å². The fourth-order valence-electron chi connectivity index (χ4n) is 2.32. The molecule has 0 bridgehead atoms. The van der Waals surface area contributed by atoms with Crippen molar-refractivity contribution in [3.63, 3.8) is 0 Å². The fourth-order valence-corrected chi connectivity index (χ4v) is 2.32. The van der Waals surface area contributed by atoms with Crippen molar-refractivity contribution < 1.29 is 0 Å². The lowest BCUT2D eigenvalue weighted by molar-refractivity contribution is 1.15. The van der Waals surface area contributed by atoms with E-state index < -0.39 is 0 Å². The van der Waals surface area contributed by atoms with Gasteiger partial charge in [0.05, 0.1) is 5.69 Å². The van der Waals surface area contributed by atoms with E-state index in [1.807, 2.05) is 49.4 Å². The van der Waals surface area contributed by atoms with Crippen LogP contribution in [0.2, 0.25) is 0 Å². The number of nitrogens with zero attached hydrogens (tertiary/aromatic N) is 2. The third-order valence-corrected chi connectivity index (χ3v) is 3.51. The highest BCUT2D eigenvalue weighted by molar-refractivity contribution is 5.71. The highest BCUT2D eigenvalue weighted by atomic mass is 15.0. The summed E-state index contributed by atoms with van der Waals surface area (Å²) in [6.45, 7) is 4.01. The van der Waals surface area contributed by atoms with Crippen LogP contribution in [0.15, 0.2) is 54.6 Å². The Labute approximate surface area is 124 Å². The Bertz CT molecular complexity index is 780. The van der Waals surface area contributed by atoms with Crippen LogP contribution in [0, 0.1) is 13.8 Å². The molecule has 0 saturated heterocycles. The summed E-state index contributed by atoms with van der Waals surface area (Å²) in [4.78, 5) is 9.16.